The molecule has 1 amide bonds. The zero-order valence-corrected chi connectivity index (χ0v) is 10.7. The Labute approximate surface area is 99.1 Å². The minimum atomic E-state index is -0.167. The standard InChI is InChI=1S/C13H25NO2/c1-3-4-5-6-7-8-10-14-11-9-12(16-2)13(14)15/h12H,3-11H2,1-2H3. The monoisotopic (exact) mass is 227 g/mol. The van der Waals surface area contributed by atoms with Crippen molar-refractivity contribution in [3.8, 4) is 0 Å². The molecule has 0 aromatic heterocycles. The number of ether oxygens (including phenoxy) is 1. The first-order valence-corrected chi connectivity index (χ1v) is 6.61. The quantitative estimate of drug-likeness (QED) is 0.596. The largest absolute Gasteiger partial charge is 0.372 e. The molecule has 0 saturated carbocycles. The Bertz CT molecular complexity index is 206. The van der Waals surface area contributed by atoms with Gasteiger partial charge in [0.15, 0.2) is 0 Å². The highest BCUT2D eigenvalue weighted by atomic mass is 16.5. The van der Waals surface area contributed by atoms with Gasteiger partial charge in [-0.2, -0.15) is 0 Å². The highest BCUT2D eigenvalue weighted by molar-refractivity contribution is 5.82. The summed E-state index contributed by atoms with van der Waals surface area (Å²) in [5.74, 6) is 0.191. The van der Waals surface area contributed by atoms with Gasteiger partial charge in [-0.25, -0.2) is 0 Å². The van der Waals surface area contributed by atoms with Crippen LogP contribution in [-0.4, -0.2) is 37.1 Å². The van der Waals surface area contributed by atoms with Gasteiger partial charge >= 0.3 is 0 Å². The summed E-state index contributed by atoms with van der Waals surface area (Å²) in [6.45, 7) is 4.03. The van der Waals surface area contributed by atoms with Crippen LogP contribution in [0.1, 0.15) is 51.9 Å². The second-order valence-electron chi connectivity index (χ2n) is 4.61. The van der Waals surface area contributed by atoms with Crippen molar-refractivity contribution >= 4 is 5.91 Å². The van der Waals surface area contributed by atoms with Gasteiger partial charge in [-0.3, -0.25) is 4.79 Å². The summed E-state index contributed by atoms with van der Waals surface area (Å²) in [7, 11) is 1.62. The van der Waals surface area contributed by atoms with E-state index in [0.717, 1.165) is 25.9 Å². The molecule has 0 aromatic rings. The van der Waals surface area contributed by atoms with E-state index in [0.29, 0.717) is 0 Å². The number of unbranched alkanes of at least 4 members (excludes halogenated alkanes) is 5. The van der Waals surface area contributed by atoms with Gasteiger partial charge in [0.2, 0.25) is 0 Å². The zero-order valence-electron chi connectivity index (χ0n) is 10.7. The molecule has 1 atom stereocenters. The van der Waals surface area contributed by atoms with Crippen LogP contribution in [0.4, 0.5) is 0 Å². The maximum absolute atomic E-state index is 11.7. The molecule has 3 heteroatoms. The zero-order chi connectivity index (χ0) is 11.8. The number of hydrogen-bond donors (Lipinski definition) is 0. The molecule has 0 N–H and O–H groups in total. The van der Waals surface area contributed by atoms with E-state index in [2.05, 4.69) is 6.92 Å². The summed E-state index contributed by atoms with van der Waals surface area (Å²) in [5.41, 5.74) is 0. The van der Waals surface area contributed by atoms with E-state index in [9.17, 15) is 4.79 Å². The summed E-state index contributed by atoms with van der Waals surface area (Å²) in [6, 6.07) is 0. The average molecular weight is 227 g/mol. The lowest BCUT2D eigenvalue weighted by Gasteiger charge is -2.15. The minimum Gasteiger partial charge on any atom is -0.372 e. The van der Waals surface area contributed by atoms with Crippen molar-refractivity contribution in [2.45, 2.75) is 58.0 Å². The van der Waals surface area contributed by atoms with Crippen LogP contribution in [-0.2, 0) is 9.53 Å². The summed E-state index contributed by atoms with van der Waals surface area (Å²) < 4.78 is 5.12. The molecule has 0 aliphatic carbocycles. The number of amides is 1. The summed E-state index contributed by atoms with van der Waals surface area (Å²) in [5, 5.41) is 0. The molecular weight excluding hydrogens is 202 g/mol. The Morgan fingerprint density at radius 2 is 1.94 bits per heavy atom. The predicted octanol–water partition coefficient (Wildman–Crippen LogP) is 2.59. The van der Waals surface area contributed by atoms with Crippen molar-refractivity contribution in [1.82, 2.24) is 4.90 Å². The number of hydrogen-bond acceptors (Lipinski definition) is 2. The third-order valence-electron chi connectivity index (χ3n) is 3.31. The Hall–Kier alpha value is -0.570. The highest BCUT2D eigenvalue weighted by Gasteiger charge is 2.30. The van der Waals surface area contributed by atoms with Crippen LogP contribution in [0.25, 0.3) is 0 Å². The average Bonchev–Trinajstić information content (AvgIpc) is 2.65. The Morgan fingerprint density at radius 1 is 1.25 bits per heavy atom. The number of rotatable bonds is 8. The number of methoxy groups -OCH3 is 1. The van der Waals surface area contributed by atoms with Gasteiger partial charge in [-0.1, -0.05) is 39.0 Å². The van der Waals surface area contributed by atoms with Crippen molar-refractivity contribution in [2.24, 2.45) is 0 Å². The second-order valence-corrected chi connectivity index (χ2v) is 4.61. The maximum Gasteiger partial charge on any atom is 0.251 e. The molecule has 16 heavy (non-hydrogen) atoms. The van der Waals surface area contributed by atoms with Crippen LogP contribution in [0, 0.1) is 0 Å². The van der Waals surface area contributed by atoms with Gasteiger partial charge < -0.3 is 9.64 Å². The maximum atomic E-state index is 11.7. The molecule has 1 heterocycles. The fraction of sp³-hybridized carbons (Fsp3) is 0.923. The second kappa shape index (κ2) is 7.66. The van der Waals surface area contributed by atoms with Crippen molar-refractivity contribution in [3.63, 3.8) is 0 Å². The normalized spacial score (nSPS) is 20.8. The number of nitrogens with zero attached hydrogens (tertiary/aromatic N) is 1. The molecule has 0 bridgehead atoms. The molecule has 3 nitrogen and oxygen atoms in total. The van der Waals surface area contributed by atoms with Crippen LogP contribution in [0.2, 0.25) is 0 Å². The van der Waals surface area contributed by atoms with Gasteiger partial charge in [-0.15, -0.1) is 0 Å². The van der Waals surface area contributed by atoms with E-state index in [-0.39, 0.29) is 12.0 Å². The van der Waals surface area contributed by atoms with Crippen LogP contribution in [0.5, 0.6) is 0 Å². The van der Waals surface area contributed by atoms with Crippen LogP contribution in [0.15, 0.2) is 0 Å². The molecule has 0 aromatic carbocycles. The van der Waals surface area contributed by atoms with Gasteiger partial charge in [0, 0.05) is 26.6 Å². The summed E-state index contributed by atoms with van der Waals surface area (Å²) in [4.78, 5) is 13.7. The number of carbonyl (C=O) groups excluding carboxylic acids is 1. The minimum absolute atomic E-state index is 0.167. The molecule has 1 aliphatic heterocycles. The molecule has 1 aliphatic rings. The first-order valence-electron chi connectivity index (χ1n) is 6.61. The lowest BCUT2D eigenvalue weighted by molar-refractivity contribution is -0.135. The smallest absolute Gasteiger partial charge is 0.251 e. The fourth-order valence-corrected chi connectivity index (χ4v) is 2.23. The molecule has 94 valence electrons. The van der Waals surface area contributed by atoms with E-state index in [1.165, 1.54) is 32.1 Å². The van der Waals surface area contributed by atoms with Crippen molar-refractivity contribution < 1.29 is 9.53 Å². The topological polar surface area (TPSA) is 29.5 Å². The van der Waals surface area contributed by atoms with E-state index < -0.39 is 0 Å². The highest BCUT2D eigenvalue weighted by Crippen LogP contribution is 2.15. The van der Waals surface area contributed by atoms with E-state index in [4.69, 9.17) is 4.74 Å². The van der Waals surface area contributed by atoms with Gasteiger partial charge in [-0.05, 0) is 6.42 Å². The Balaban J connectivity index is 2.03. The molecule has 1 fully saturated rings. The molecule has 0 radical (unpaired) electrons. The lowest BCUT2D eigenvalue weighted by Crippen LogP contribution is -2.31. The summed E-state index contributed by atoms with van der Waals surface area (Å²) >= 11 is 0. The molecule has 1 saturated heterocycles. The third kappa shape index (κ3) is 4.12. The SMILES string of the molecule is CCCCCCCCN1CCC(OC)C1=O. The van der Waals surface area contributed by atoms with Crippen molar-refractivity contribution in [3.05, 3.63) is 0 Å². The predicted molar refractivity (Wildman–Crippen MR) is 65.4 cm³/mol. The molecular formula is C13H25NO2. The fourth-order valence-electron chi connectivity index (χ4n) is 2.23. The summed E-state index contributed by atoms with van der Waals surface area (Å²) in [6.07, 6.45) is 8.38. The third-order valence-corrected chi connectivity index (χ3v) is 3.31. The van der Waals surface area contributed by atoms with Crippen LogP contribution >= 0.6 is 0 Å². The number of carbonyl (C=O) groups is 1. The lowest BCUT2D eigenvalue weighted by atomic mass is 10.1. The van der Waals surface area contributed by atoms with Crippen molar-refractivity contribution in [2.75, 3.05) is 20.2 Å². The molecule has 0 spiro atoms. The van der Waals surface area contributed by atoms with Crippen LogP contribution < -0.4 is 0 Å². The number of likely N-dealkylation sites (tertiary alicyclic amines) is 1. The van der Waals surface area contributed by atoms with E-state index in [1.807, 2.05) is 4.90 Å². The Morgan fingerprint density at radius 3 is 2.56 bits per heavy atom. The molecule has 1 unspecified atom stereocenters. The van der Waals surface area contributed by atoms with Gasteiger partial charge in [0.05, 0.1) is 0 Å². The van der Waals surface area contributed by atoms with Crippen molar-refractivity contribution in [1.29, 1.82) is 0 Å². The van der Waals surface area contributed by atoms with E-state index in [1.54, 1.807) is 7.11 Å². The first kappa shape index (κ1) is 13.5. The van der Waals surface area contributed by atoms with Gasteiger partial charge in [0.25, 0.3) is 5.91 Å². The van der Waals surface area contributed by atoms with Gasteiger partial charge in [0.1, 0.15) is 6.10 Å². The first-order chi connectivity index (χ1) is 7.79. The van der Waals surface area contributed by atoms with E-state index >= 15 is 0 Å². The molecule has 1 rings (SSSR count). The van der Waals surface area contributed by atoms with Crippen LogP contribution in [0.3, 0.4) is 0 Å². The Kier molecular flexibility index (Phi) is 6.46.